The van der Waals surface area contributed by atoms with Gasteiger partial charge in [-0.3, -0.25) is 4.79 Å². The SMILES string of the molecule is COC(=O)/C=C/c1ccc(OC(=O)CC(C)c2ccccc2)c(OC)c1. The number of ether oxygens (including phenoxy) is 3. The Morgan fingerprint density at radius 1 is 1.04 bits per heavy atom. The molecule has 0 saturated heterocycles. The molecule has 26 heavy (non-hydrogen) atoms. The molecule has 0 radical (unpaired) electrons. The van der Waals surface area contributed by atoms with Crippen LogP contribution in [0.4, 0.5) is 0 Å². The van der Waals surface area contributed by atoms with Crippen LogP contribution >= 0.6 is 0 Å². The van der Waals surface area contributed by atoms with Crippen LogP contribution in [0.1, 0.15) is 30.4 Å². The summed E-state index contributed by atoms with van der Waals surface area (Å²) in [6.45, 7) is 1.98. The number of carbonyl (C=O) groups is 2. The highest BCUT2D eigenvalue weighted by atomic mass is 16.6. The number of benzene rings is 2. The second kappa shape index (κ2) is 9.42. The molecule has 0 heterocycles. The highest BCUT2D eigenvalue weighted by molar-refractivity contribution is 5.87. The summed E-state index contributed by atoms with van der Waals surface area (Å²) in [7, 11) is 2.80. The lowest BCUT2D eigenvalue weighted by molar-refractivity contribution is -0.135. The fourth-order valence-electron chi connectivity index (χ4n) is 2.42. The van der Waals surface area contributed by atoms with Crippen molar-refractivity contribution < 1.29 is 23.8 Å². The van der Waals surface area contributed by atoms with E-state index >= 15 is 0 Å². The first-order valence-corrected chi connectivity index (χ1v) is 8.23. The normalized spacial score (nSPS) is 11.8. The molecule has 1 unspecified atom stereocenters. The van der Waals surface area contributed by atoms with Crippen molar-refractivity contribution >= 4 is 18.0 Å². The summed E-state index contributed by atoms with van der Waals surface area (Å²) >= 11 is 0. The second-order valence-electron chi connectivity index (χ2n) is 5.76. The molecule has 5 heteroatoms. The molecular formula is C21H22O5. The molecule has 0 aliphatic carbocycles. The van der Waals surface area contributed by atoms with E-state index in [1.165, 1.54) is 20.3 Å². The maximum Gasteiger partial charge on any atom is 0.330 e. The van der Waals surface area contributed by atoms with Crippen molar-refractivity contribution in [2.24, 2.45) is 0 Å². The summed E-state index contributed by atoms with van der Waals surface area (Å²) in [4.78, 5) is 23.4. The monoisotopic (exact) mass is 354 g/mol. The average Bonchev–Trinajstić information content (AvgIpc) is 2.67. The lowest BCUT2D eigenvalue weighted by Gasteiger charge is -2.13. The van der Waals surface area contributed by atoms with Crippen molar-refractivity contribution in [1.29, 1.82) is 0 Å². The van der Waals surface area contributed by atoms with E-state index in [0.717, 1.165) is 11.1 Å². The van der Waals surface area contributed by atoms with Gasteiger partial charge in [-0.25, -0.2) is 4.79 Å². The summed E-state index contributed by atoms with van der Waals surface area (Å²) in [5.41, 5.74) is 1.81. The molecule has 0 aromatic heterocycles. The Hall–Kier alpha value is -3.08. The molecule has 5 nitrogen and oxygen atoms in total. The Morgan fingerprint density at radius 3 is 2.42 bits per heavy atom. The first-order chi connectivity index (χ1) is 12.5. The molecule has 0 amide bonds. The van der Waals surface area contributed by atoms with Gasteiger partial charge in [-0.15, -0.1) is 0 Å². The number of esters is 2. The third-order valence-corrected chi connectivity index (χ3v) is 3.87. The Bertz CT molecular complexity index is 780. The molecule has 0 saturated carbocycles. The van der Waals surface area contributed by atoms with Gasteiger partial charge >= 0.3 is 11.9 Å². The van der Waals surface area contributed by atoms with Gasteiger partial charge in [0.05, 0.1) is 20.6 Å². The van der Waals surface area contributed by atoms with Gasteiger partial charge in [0.2, 0.25) is 0 Å². The standard InChI is InChI=1S/C21H22O5/c1-15(17-7-5-4-6-8-17)13-21(23)26-18-11-9-16(14-19(18)24-2)10-12-20(22)25-3/h4-12,14-15H,13H2,1-3H3/b12-10+. The van der Waals surface area contributed by atoms with Crippen LogP contribution in [0.5, 0.6) is 11.5 Å². The lowest BCUT2D eigenvalue weighted by Crippen LogP contribution is -2.12. The van der Waals surface area contributed by atoms with E-state index in [4.69, 9.17) is 9.47 Å². The van der Waals surface area contributed by atoms with E-state index in [0.29, 0.717) is 11.5 Å². The van der Waals surface area contributed by atoms with E-state index in [1.54, 1.807) is 24.3 Å². The van der Waals surface area contributed by atoms with E-state index in [-0.39, 0.29) is 18.3 Å². The van der Waals surface area contributed by atoms with Gasteiger partial charge in [0.25, 0.3) is 0 Å². The van der Waals surface area contributed by atoms with Gasteiger partial charge in [-0.1, -0.05) is 43.3 Å². The first kappa shape index (κ1) is 19.2. The van der Waals surface area contributed by atoms with Crippen LogP contribution in [-0.2, 0) is 14.3 Å². The smallest absolute Gasteiger partial charge is 0.330 e. The number of hydrogen-bond acceptors (Lipinski definition) is 5. The Kier molecular flexibility index (Phi) is 6.97. The van der Waals surface area contributed by atoms with Crippen LogP contribution in [0, 0.1) is 0 Å². The maximum absolute atomic E-state index is 12.3. The third-order valence-electron chi connectivity index (χ3n) is 3.87. The van der Waals surface area contributed by atoms with Gasteiger partial charge in [-0.2, -0.15) is 0 Å². The van der Waals surface area contributed by atoms with Gasteiger partial charge in [-0.05, 0) is 35.3 Å². The van der Waals surface area contributed by atoms with Crippen LogP contribution < -0.4 is 9.47 Å². The molecular weight excluding hydrogens is 332 g/mol. The van der Waals surface area contributed by atoms with E-state index in [2.05, 4.69) is 4.74 Å². The maximum atomic E-state index is 12.3. The zero-order valence-electron chi connectivity index (χ0n) is 15.1. The molecule has 2 rings (SSSR count). The van der Waals surface area contributed by atoms with Crippen molar-refractivity contribution in [3.05, 3.63) is 65.7 Å². The topological polar surface area (TPSA) is 61.8 Å². The fourth-order valence-corrected chi connectivity index (χ4v) is 2.42. The van der Waals surface area contributed by atoms with Crippen LogP contribution in [0.2, 0.25) is 0 Å². The van der Waals surface area contributed by atoms with E-state index in [1.807, 2.05) is 37.3 Å². The van der Waals surface area contributed by atoms with E-state index in [9.17, 15) is 9.59 Å². The molecule has 0 fully saturated rings. The van der Waals surface area contributed by atoms with Gasteiger partial charge < -0.3 is 14.2 Å². The zero-order chi connectivity index (χ0) is 18.9. The zero-order valence-corrected chi connectivity index (χ0v) is 15.1. The lowest BCUT2D eigenvalue weighted by atomic mass is 9.98. The molecule has 2 aromatic carbocycles. The van der Waals surface area contributed by atoms with Crippen LogP contribution in [0.25, 0.3) is 6.08 Å². The molecule has 0 spiro atoms. The summed E-state index contributed by atoms with van der Waals surface area (Å²) in [6.07, 6.45) is 3.16. The Labute approximate surface area is 153 Å². The number of carbonyl (C=O) groups excluding carboxylic acids is 2. The largest absolute Gasteiger partial charge is 0.493 e. The second-order valence-corrected chi connectivity index (χ2v) is 5.76. The summed E-state index contributed by atoms with van der Waals surface area (Å²) in [5, 5.41) is 0. The summed E-state index contributed by atoms with van der Waals surface area (Å²) in [6, 6.07) is 14.9. The minimum Gasteiger partial charge on any atom is -0.493 e. The first-order valence-electron chi connectivity index (χ1n) is 8.23. The Morgan fingerprint density at radius 2 is 1.77 bits per heavy atom. The molecule has 1 atom stereocenters. The molecule has 136 valence electrons. The van der Waals surface area contributed by atoms with Crippen molar-refractivity contribution in [1.82, 2.24) is 0 Å². The molecule has 0 bridgehead atoms. The van der Waals surface area contributed by atoms with Gasteiger partial charge in [0.15, 0.2) is 11.5 Å². The highest BCUT2D eigenvalue weighted by Gasteiger charge is 2.15. The van der Waals surface area contributed by atoms with Crippen molar-refractivity contribution in [3.63, 3.8) is 0 Å². The number of hydrogen-bond donors (Lipinski definition) is 0. The summed E-state index contributed by atoms with van der Waals surface area (Å²) < 4.78 is 15.3. The third kappa shape index (κ3) is 5.48. The quantitative estimate of drug-likeness (QED) is 0.427. The fraction of sp³-hybridized carbons (Fsp3) is 0.238. The van der Waals surface area contributed by atoms with Crippen molar-refractivity contribution in [2.75, 3.05) is 14.2 Å². The predicted octanol–water partition coefficient (Wildman–Crippen LogP) is 3.98. The van der Waals surface area contributed by atoms with Crippen LogP contribution in [0.15, 0.2) is 54.6 Å². The number of methoxy groups -OCH3 is 2. The summed E-state index contributed by atoms with van der Waals surface area (Å²) in [5.74, 6) is 0.0227. The molecule has 0 aliphatic heterocycles. The average molecular weight is 354 g/mol. The Balaban J connectivity index is 2.05. The van der Waals surface area contributed by atoms with Crippen molar-refractivity contribution in [2.45, 2.75) is 19.3 Å². The van der Waals surface area contributed by atoms with Gasteiger partial charge in [0, 0.05) is 6.08 Å². The minimum atomic E-state index is -0.450. The van der Waals surface area contributed by atoms with Crippen LogP contribution in [0.3, 0.4) is 0 Å². The number of rotatable bonds is 7. The molecule has 0 N–H and O–H groups in total. The molecule has 2 aromatic rings. The minimum absolute atomic E-state index is 0.0527. The van der Waals surface area contributed by atoms with Gasteiger partial charge in [0.1, 0.15) is 0 Å². The predicted molar refractivity (Wildman–Crippen MR) is 99.2 cm³/mol. The van der Waals surface area contributed by atoms with Crippen LogP contribution in [-0.4, -0.2) is 26.2 Å². The molecule has 0 aliphatic rings. The highest BCUT2D eigenvalue weighted by Crippen LogP contribution is 2.30. The van der Waals surface area contributed by atoms with Crippen molar-refractivity contribution in [3.8, 4) is 11.5 Å². The van der Waals surface area contributed by atoms with E-state index < -0.39 is 5.97 Å².